The van der Waals surface area contributed by atoms with Crippen LogP contribution in [-0.2, 0) is 16.3 Å². The lowest BCUT2D eigenvalue weighted by atomic mass is 10.1. The molecule has 3 nitrogen and oxygen atoms in total. The molecule has 1 atom stereocenters. The van der Waals surface area contributed by atoms with Gasteiger partial charge >= 0.3 is 0 Å². The number of hydrogen-bond acceptors (Lipinski definition) is 3. The van der Waals surface area contributed by atoms with Crippen molar-refractivity contribution in [2.45, 2.75) is 23.8 Å². The van der Waals surface area contributed by atoms with Crippen LogP contribution in [0.5, 0.6) is 0 Å². The number of sulfone groups is 1. The number of hydrogen-bond donors (Lipinski definition) is 1. The highest BCUT2D eigenvalue weighted by molar-refractivity contribution is 7.94. The summed E-state index contributed by atoms with van der Waals surface area (Å²) in [7, 11) is -3.48. The first-order valence-corrected chi connectivity index (χ1v) is 8.33. The lowest BCUT2D eigenvalue weighted by Gasteiger charge is -2.05. The molecule has 0 unspecified atom stereocenters. The summed E-state index contributed by atoms with van der Waals surface area (Å²) in [6, 6.07) is 18.0. The first-order valence-electron chi connectivity index (χ1n) is 6.78. The SMILES string of the molecule is O=S(=O)(/C=C/[C@@H](O)CCc1ccccc1)c1ccccc1. The van der Waals surface area contributed by atoms with Crippen LogP contribution in [0.2, 0.25) is 0 Å². The van der Waals surface area contributed by atoms with Gasteiger partial charge in [0.25, 0.3) is 0 Å². The zero-order valence-electron chi connectivity index (χ0n) is 11.6. The Hall–Kier alpha value is -1.91. The van der Waals surface area contributed by atoms with Crippen molar-refractivity contribution < 1.29 is 13.5 Å². The van der Waals surface area contributed by atoms with Gasteiger partial charge in [0.1, 0.15) is 0 Å². The molecule has 0 aliphatic rings. The first kappa shape index (κ1) is 15.5. The Kier molecular flexibility index (Phi) is 5.31. The van der Waals surface area contributed by atoms with Gasteiger partial charge in [-0.2, -0.15) is 0 Å². The fraction of sp³-hybridized carbons (Fsp3) is 0.176. The molecule has 0 aromatic heterocycles. The molecule has 0 spiro atoms. The van der Waals surface area contributed by atoms with Crippen LogP contribution < -0.4 is 0 Å². The maximum atomic E-state index is 12.0. The van der Waals surface area contributed by atoms with Crippen molar-refractivity contribution >= 4 is 9.84 Å². The average Bonchev–Trinajstić information content (AvgIpc) is 2.53. The predicted octanol–water partition coefficient (Wildman–Crippen LogP) is 2.97. The van der Waals surface area contributed by atoms with E-state index in [1.165, 1.54) is 18.2 Å². The van der Waals surface area contributed by atoms with Crippen molar-refractivity contribution in [3.05, 3.63) is 77.7 Å². The lowest BCUT2D eigenvalue weighted by Crippen LogP contribution is -2.05. The van der Waals surface area contributed by atoms with E-state index in [2.05, 4.69) is 0 Å². The van der Waals surface area contributed by atoms with Gasteiger partial charge in [0.15, 0.2) is 9.84 Å². The Bertz CT molecular complexity index is 676. The summed E-state index contributed by atoms with van der Waals surface area (Å²) >= 11 is 0. The fourth-order valence-corrected chi connectivity index (χ4v) is 3.02. The second-order valence-corrected chi connectivity index (χ2v) is 6.61. The van der Waals surface area contributed by atoms with Gasteiger partial charge in [-0.05, 0) is 36.6 Å². The molecular weight excluding hydrogens is 284 g/mol. The molecule has 0 aliphatic heterocycles. The molecule has 0 heterocycles. The van der Waals surface area contributed by atoms with Gasteiger partial charge in [0.05, 0.1) is 11.0 Å². The largest absolute Gasteiger partial charge is 0.389 e. The zero-order valence-corrected chi connectivity index (χ0v) is 12.4. The third kappa shape index (κ3) is 4.85. The molecular formula is C17H18O3S. The van der Waals surface area contributed by atoms with E-state index in [1.54, 1.807) is 18.2 Å². The van der Waals surface area contributed by atoms with Crippen LogP contribution in [0.3, 0.4) is 0 Å². The number of aryl methyl sites for hydroxylation is 1. The van der Waals surface area contributed by atoms with Gasteiger partial charge in [-0.15, -0.1) is 0 Å². The molecule has 21 heavy (non-hydrogen) atoms. The van der Waals surface area contributed by atoms with Crippen LogP contribution in [0.4, 0.5) is 0 Å². The maximum Gasteiger partial charge on any atom is 0.199 e. The minimum atomic E-state index is -3.48. The molecule has 1 N–H and O–H groups in total. The second kappa shape index (κ2) is 7.20. The molecule has 0 radical (unpaired) electrons. The number of aliphatic hydroxyl groups is 1. The summed E-state index contributed by atoms with van der Waals surface area (Å²) in [5.74, 6) is 0. The third-order valence-corrected chi connectivity index (χ3v) is 4.57. The summed E-state index contributed by atoms with van der Waals surface area (Å²) in [4.78, 5) is 0.233. The topological polar surface area (TPSA) is 54.4 Å². The summed E-state index contributed by atoms with van der Waals surface area (Å²) in [5.41, 5.74) is 1.12. The minimum Gasteiger partial charge on any atom is -0.389 e. The fourth-order valence-electron chi connectivity index (χ4n) is 1.94. The first-order chi connectivity index (χ1) is 10.1. The molecule has 2 aromatic carbocycles. The third-order valence-electron chi connectivity index (χ3n) is 3.12. The molecule has 110 valence electrons. The molecule has 0 saturated carbocycles. The molecule has 4 heteroatoms. The van der Waals surface area contributed by atoms with Crippen LogP contribution in [0.15, 0.2) is 77.0 Å². The molecule has 0 saturated heterocycles. The Labute approximate surface area is 125 Å². The number of benzene rings is 2. The summed E-state index contributed by atoms with van der Waals surface area (Å²) in [5, 5.41) is 11.0. The van der Waals surface area contributed by atoms with Crippen molar-refractivity contribution in [3.63, 3.8) is 0 Å². The Morgan fingerprint density at radius 1 is 0.952 bits per heavy atom. The Morgan fingerprint density at radius 3 is 2.14 bits per heavy atom. The molecule has 0 fully saturated rings. The summed E-state index contributed by atoms with van der Waals surface area (Å²) in [6.07, 6.45) is 1.76. The highest BCUT2D eigenvalue weighted by atomic mass is 32.2. The monoisotopic (exact) mass is 302 g/mol. The second-order valence-electron chi connectivity index (χ2n) is 4.78. The van der Waals surface area contributed by atoms with Gasteiger partial charge < -0.3 is 5.11 Å². The van der Waals surface area contributed by atoms with Gasteiger partial charge in [0, 0.05) is 5.41 Å². The zero-order chi connectivity index (χ0) is 15.1. The van der Waals surface area contributed by atoms with Gasteiger partial charge in [-0.1, -0.05) is 48.5 Å². The maximum absolute atomic E-state index is 12.0. The van der Waals surface area contributed by atoms with Crippen molar-refractivity contribution in [1.82, 2.24) is 0 Å². The van der Waals surface area contributed by atoms with Gasteiger partial charge in [-0.25, -0.2) is 8.42 Å². The van der Waals surface area contributed by atoms with Crippen LogP contribution >= 0.6 is 0 Å². The lowest BCUT2D eigenvalue weighted by molar-refractivity contribution is 0.213. The highest BCUT2D eigenvalue weighted by Crippen LogP contribution is 2.12. The van der Waals surface area contributed by atoms with Gasteiger partial charge in [-0.3, -0.25) is 0 Å². The van der Waals surface area contributed by atoms with Crippen molar-refractivity contribution in [1.29, 1.82) is 0 Å². The van der Waals surface area contributed by atoms with E-state index in [0.717, 1.165) is 11.0 Å². The van der Waals surface area contributed by atoms with E-state index in [4.69, 9.17) is 0 Å². The predicted molar refractivity (Wildman–Crippen MR) is 83.5 cm³/mol. The van der Waals surface area contributed by atoms with Crippen molar-refractivity contribution in [2.24, 2.45) is 0 Å². The highest BCUT2D eigenvalue weighted by Gasteiger charge is 2.10. The van der Waals surface area contributed by atoms with E-state index >= 15 is 0 Å². The van der Waals surface area contributed by atoms with E-state index in [0.29, 0.717) is 12.8 Å². The van der Waals surface area contributed by atoms with Crippen LogP contribution in [0.1, 0.15) is 12.0 Å². The van der Waals surface area contributed by atoms with Crippen LogP contribution in [-0.4, -0.2) is 19.6 Å². The summed E-state index contributed by atoms with van der Waals surface area (Å²) < 4.78 is 24.0. The molecule has 2 rings (SSSR count). The van der Waals surface area contributed by atoms with E-state index in [-0.39, 0.29) is 4.90 Å². The average molecular weight is 302 g/mol. The molecule has 0 aliphatic carbocycles. The Balaban J connectivity index is 1.94. The van der Waals surface area contributed by atoms with E-state index in [1.807, 2.05) is 30.3 Å². The molecule has 2 aromatic rings. The summed E-state index contributed by atoms with van der Waals surface area (Å²) in [6.45, 7) is 0. The van der Waals surface area contributed by atoms with Crippen molar-refractivity contribution in [2.75, 3.05) is 0 Å². The number of aliphatic hydroxyl groups excluding tert-OH is 1. The van der Waals surface area contributed by atoms with Crippen molar-refractivity contribution in [3.8, 4) is 0 Å². The van der Waals surface area contributed by atoms with Crippen LogP contribution in [0, 0.1) is 0 Å². The Morgan fingerprint density at radius 2 is 1.52 bits per heavy atom. The molecule has 0 amide bonds. The van der Waals surface area contributed by atoms with E-state index < -0.39 is 15.9 Å². The smallest absolute Gasteiger partial charge is 0.199 e. The standard InChI is InChI=1S/C17H18O3S/c18-16(12-11-15-7-3-1-4-8-15)13-14-21(19,20)17-9-5-2-6-10-17/h1-10,13-14,16,18H,11-12H2/b14-13+/t16-/m0/s1. The number of rotatable bonds is 6. The van der Waals surface area contributed by atoms with E-state index in [9.17, 15) is 13.5 Å². The van der Waals surface area contributed by atoms with Gasteiger partial charge in [0.2, 0.25) is 0 Å². The quantitative estimate of drug-likeness (QED) is 0.892. The normalized spacial score (nSPS) is 13.4. The van der Waals surface area contributed by atoms with Crippen LogP contribution in [0.25, 0.3) is 0 Å². The molecule has 0 bridgehead atoms. The minimum absolute atomic E-state index is 0.233.